The van der Waals surface area contributed by atoms with Crippen LogP contribution in [-0.4, -0.2) is 8.42 Å². The molecule has 0 saturated carbocycles. The van der Waals surface area contributed by atoms with E-state index in [9.17, 15) is 12.8 Å². The molecule has 0 amide bonds. The second-order valence-corrected chi connectivity index (χ2v) is 7.75. The molecule has 0 saturated heterocycles. The summed E-state index contributed by atoms with van der Waals surface area (Å²) in [7, 11) is -3.66. The van der Waals surface area contributed by atoms with Crippen molar-refractivity contribution >= 4 is 10.0 Å². The summed E-state index contributed by atoms with van der Waals surface area (Å²) in [5, 5.41) is 0. The Bertz CT molecular complexity index is 800. The van der Waals surface area contributed by atoms with Gasteiger partial charge in [-0.25, -0.2) is 17.5 Å². The number of aryl methyl sites for hydroxylation is 2. The van der Waals surface area contributed by atoms with Gasteiger partial charge in [-0.3, -0.25) is 0 Å². The van der Waals surface area contributed by atoms with Gasteiger partial charge in [-0.2, -0.15) is 0 Å². The molecule has 1 N–H and O–H groups in total. The van der Waals surface area contributed by atoms with Crippen molar-refractivity contribution in [2.45, 2.75) is 43.5 Å². The van der Waals surface area contributed by atoms with Crippen LogP contribution < -0.4 is 4.72 Å². The van der Waals surface area contributed by atoms with Crippen molar-refractivity contribution in [3.8, 4) is 0 Å². The van der Waals surface area contributed by atoms with Gasteiger partial charge in [0.15, 0.2) is 0 Å². The maximum atomic E-state index is 12.9. The Morgan fingerprint density at radius 1 is 1.00 bits per heavy atom. The molecule has 1 aliphatic carbocycles. The van der Waals surface area contributed by atoms with Crippen LogP contribution in [0.3, 0.4) is 0 Å². The van der Waals surface area contributed by atoms with Crippen molar-refractivity contribution < 1.29 is 12.8 Å². The van der Waals surface area contributed by atoms with Crippen molar-refractivity contribution in [1.82, 2.24) is 4.72 Å². The predicted molar refractivity (Wildman–Crippen MR) is 88.2 cm³/mol. The zero-order valence-corrected chi connectivity index (χ0v) is 13.9. The van der Waals surface area contributed by atoms with Crippen molar-refractivity contribution in [2.24, 2.45) is 0 Å². The van der Waals surface area contributed by atoms with Gasteiger partial charge in [-0.1, -0.05) is 18.2 Å². The molecule has 1 aliphatic rings. The summed E-state index contributed by atoms with van der Waals surface area (Å²) in [5.74, 6) is -0.452. The summed E-state index contributed by atoms with van der Waals surface area (Å²) in [4.78, 5) is 0.0729. The van der Waals surface area contributed by atoms with Crippen molar-refractivity contribution in [3.05, 3.63) is 65.0 Å². The van der Waals surface area contributed by atoms with E-state index in [1.807, 2.05) is 13.0 Å². The molecule has 0 unspecified atom stereocenters. The number of rotatable bonds is 4. The lowest BCUT2D eigenvalue weighted by molar-refractivity contribution is 0.566. The molecule has 122 valence electrons. The van der Waals surface area contributed by atoms with Crippen molar-refractivity contribution in [1.29, 1.82) is 0 Å². The monoisotopic (exact) mass is 333 g/mol. The molecule has 3 rings (SSSR count). The number of fused-ring (bicyclic) bond motifs is 1. The standard InChI is InChI=1S/C18H20FNO2S/c1-13(15-7-6-14-4-2-3-5-16(14)12-15)20-23(21,22)18-10-8-17(19)9-11-18/h6-13,20H,2-5H2,1H3/t13-/m1/s1. The second kappa shape index (κ2) is 6.42. The van der Waals surface area contributed by atoms with Crippen LogP contribution in [0.1, 0.15) is 42.5 Å². The third-order valence-corrected chi connectivity index (χ3v) is 5.89. The van der Waals surface area contributed by atoms with E-state index < -0.39 is 15.8 Å². The van der Waals surface area contributed by atoms with Gasteiger partial charge in [0.05, 0.1) is 4.90 Å². The lowest BCUT2D eigenvalue weighted by atomic mass is 9.89. The van der Waals surface area contributed by atoms with E-state index in [2.05, 4.69) is 16.9 Å². The fourth-order valence-electron chi connectivity index (χ4n) is 3.01. The summed E-state index contributed by atoms with van der Waals surface area (Å²) >= 11 is 0. The van der Waals surface area contributed by atoms with Crippen LogP contribution in [0.5, 0.6) is 0 Å². The average molecular weight is 333 g/mol. The summed E-state index contributed by atoms with van der Waals surface area (Å²) in [6, 6.07) is 10.7. The Hall–Kier alpha value is -1.72. The van der Waals surface area contributed by atoms with Crippen LogP contribution in [0.15, 0.2) is 47.4 Å². The first-order valence-electron chi connectivity index (χ1n) is 7.85. The van der Waals surface area contributed by atoms with Crippen LogP contribution in [0.4, 0.5) is 4.39 Å². The first kappa shape index (κ1) is 16.1. The molecular weight excluding hydrogens is 313 g/mol. The van der Waals surface area contributed by atoms with Crippen LogP contribution in [0.2, 0.25) is 0 Å². The van der Waals surface area contributed by atoms with Gasteiger partial charge in [0, 0.05) is 6.04 Å². The van der Waals surface area contributed by atoms with Gasteiger partial charge < -0.3 is 0 Å². The molecule has 0 radical (unpaired) electrons. The molecule has 1 atom stereocenters. The molecule has 0 aromatic heterocycles. The number of hydrogen-bond acceptors (Lipinski definition) is 2. The zero-order valence-electron chi connectivity index (χ0n) is 13.0. The molecule has 0 heterocycles. The number of nitrogens with one attached hydrogen (secondary N) is 1. The molecule has 2 aromatic carbocycles. The van der Waals surface area contributed by atoms with Crippen LogP contribution in [0, 0.1) is 5.82 Å². The van der Waals surface area contributed by atoms with Crippen LogP contribution in [-0.2, 0) is 22.9 Å². The van der Waals surface area contributed by atoms with Gasteiger partial charge in [-0.15, -0.1) is 0 Å². The Morgan fingerprint density at radius 2 is 1.65 bits per heavy atom. The smallest absolute Gasteiger partial charge is 0.207 e. The number of hydrogen-bond donors (Lipinski definition) is 1. The zero-order chi connectivity index (χ0) is 16.4. The van der Waals surface area contributed by atoms with E-state index in [0.717, 1.165) is 30.5 Å². The van der Waals surface area contributed by atoms with E-state index in [1.165, 1.54) is 36.1 Å². The van der Waals surface area contributed by atoms with Gasteiger partial charge in [0.1, 0.15) is 5.82 Å². The molecule has 0 fully saturated rings. The highest BCUT2D eigenvalue weighted by Gasteiger charge is 2.19. The summed E-state index contributed by atoms with van der Waals surface area (Å²) in [5.41, 5.74) is 3.64. The van der Waals surface area contributed by atoms with Crippen LogP contribution >= 0.6 is 0 Å². The van der Waals surface area contributed by atoms with Crippen LogP contribution in [0.25, 0.3) is 0 Å². The van der Waals surface area contributed by atoms with E-state index in [4.69, 9.17) is 0 Å². The fraction of sp³-hybridized carbons (Fsp3) is 0.333. The Balaban J connectivity index is 1.80. The van der Waals surface area contributed by atoms with Crippen molar-refractivity contribution in [2.75, 3.05) is 0 Å². The number of sulfonamides is 1. The minimum absolute atomic E-state index is 0.0729. The first-order valence-corrected chi connectivity index (χ1v) is 9.33. The maximum Gasteiger partial charge on any atom is 0.241 e. The molecule has 0 spiro atoms. The van der Waals surface area contributed by atoms with Gasteiger partial charge in [-0.05, 0) is 73.6 Å². The van der Waals surface area contributed by atoms with Gasteiger partial charge >= 0.3 is 0 Å². The fourth-order valence-corrected chi connectivity index (χ4v) is 4.24. The predicted octanol–water partition coefficient (Wildman–Crippen LogP) is 3.74. The SMILES string of the molecule is C[C@@H](NS(=O)(=O)c1ccc(F)cc1)c1ccc2c(c1)CCCC2. The second-order valence-electron chi connectivity index (χ2n) is 6.03. The van der Waals surface area contributed by atoms with E-state index in [-0.39, 0.29) is 10.9 Å². The topological polar surface area (TPSA) is 46.2 Å². The summed E-state index contributed by atoms with van der Waals surface area (Å²) in [6.45, 7) is 1.83. The highest BCUT2D eigenvalue weighted by molar-refractivity contribution is 7.89. The lowest BCUT2D eigenvalue weighted by Crippen LogP contribution is -2.27. The van der Waals surface area contributed by atoms with Gasteiger partial charge in [0.2, 0.25) is 10.0 Å². The third kappa shape index (κ3) is 3.62. The third-order valence-electron chi connectivity index (χ3n) is 4.33. The summed E-state index contributed by atoms with van der Waals surface area (Å²) < 4.78 is 40.4. The molecule has 3 nitrogen and oxygen atoms in total. The lowest BCUT2D eigenvalue weighted by Gasteiger charge is -2.20. The quantitative estimate of drug-likeness (QED) is 0.926. The number of benzene rings is 2. The molecule has 0 aliphatic heterocycles. The maximum absolute atomic E-state index is 12.9. The van der Waals surface area contributed by atoms with Crippen molar-refractivity contribution in [3.63, 3.8) is 0 Å². The largest absolute Gasteiger partial charge is 0.241 e. The minimum Gasteiger partial charge on any atom is -0.207 e. The van der Waals surface area contributed by atoms with Gasteiger partial charge in [0.25, 0.3) is 0 Å². The Morgan fingerprint density at radius 3 is 2.35 bits per heavy atom. The first-order chi connectivity index (χ1) is 11.0. The summed E-state index contributed by atoms with van der Waals surface area (Å²) in [6.07, 6.45) is 4.57. The van der Waals surface area contributed by atoms with E-state index >= 15 is 0 Å². The van der Waals surface area contributed by atoms with E-state index in [1.54, 1.807) is 0 Å². The molecule has 2 aromatic rings. The highest BCUT2D eigenvalue weighted by atomic mass is 32.2. The molecule has 23 heavy (non-hydrogen) atoms. The Labute approximate surface area is 136 Å². The molecule has 0 bridgehead atoms. The minimum atomic E-state index is -3.66. The molecule has 5 heteroatoms. The normalized spacial score (nSPS) is 15.9. The average Bonchev–Trinajstić information content (AvgIpc) is 2.54. The number of halogens is 1. The molecular formula is C18H20FNO2S. The highest BCUT2D eigenvalue weighted by Crippen LogP contribution is 2.25. The Kier molecular flexibility index (Phi) is 4.50. The van der Waals surface area contributed by atoms with E-state index in [0.29, 0.717) is 0 Å².